The van der Waals surface area contributed by atoms with E-state index in [1.54, 1.807) is 0 Å². The molecular weight excluding hydrogens is 384 g/mol. The molecule has 1 aliphatic heterocycles. The number of para-hydroxylation sites is 1. The van der Waals surface area contributed by atoms with Crippen LogP contribution in [0, 0.1) is 5.41 Å². The van der Waals surface area contributed by atoms with Gasteiger partial charge in [0.15, 0.2) is 5.69 Å². The molecule has 164 valence electrons. The Hall–Kier alpha value is -2.61. The second kappa shape index (κ2) is 7.91. The Balaban J connectivity index is 1.91. The Morgan fingerprint density at radius 1 is 1.30 bits per heavy atom. The highest BCUT2D eigenvalue weighted by molar-refractivity contribution is 6.05. The van der Waals surface area contributed by atoms with Crippen molar-refractivity contribution in [1.29, 1.82) is 0 Å². The lowest BCUT2D eigenvalue weighted by molar-refractivity contribution is 0.0126. The van der Waals surface area contributed by atoms with Gasteiger partial charge < -0.3 is 15.5 Å². The molecule has 8 heteroatoms. The van der Waals surface area contributed by atoms with E-state index in [2.05, 4.69) is 10.4 Å². The molecule has 2 amide bonds. The summed E-state index contributed by atoms with van der Waals surface area (Å²) in [5.41, 5.74) is 0.0712. The Morgan fingerprint density at radius 2 is 1.97 bits per heavy atom. The third-order valence-corrected chi connectivity index (χ3v) is 6.31. The Bertz CT molecular complexity index is 946. The Kier molecular flexibility index (Phi) is 5.82. The lowest BCUT2D eigenvalue weighted by Crippen LogP contribution is -2.55. The molecule has 0 spiro atoms. The van der Waals surface area contributed by atoms with Crippen molar-refractivity contribution in [2.45, 2.75) is 65.1 Å². The number of likely N-dealkylation sites (tertiary alicyclic amines) is 1. The van der Waals surface area contributed by atoms with Crippen LogP contribution in [-0.2, 0) is 0 Å². The summed E-state index contributed by atoms with van der Waals surface area (Å²) in [5.74, 6) is -0.311. The van der Waals surface area contributed by atoms with E-state index in [4.69, 9.17) is 0 Å². The quantitative estimate of drug-likeness (QED) is 0.693. The van der Waals surface area contributed by atoms with Crippen LogP contribution in [0.3, 0.4) is 0 Å². The Labute approximate surface area is 176 Å². The van der Waals surface area contributed by atoms with Crippen molar-refractivity contribution in [3.05, 3.63) is 30.0 Å². The molecule has 30 heavy (non-hydrogen) atoms. The second-order valence-corrected chi connectivity index (χ2v) is 9.43. The van der Waals surface area contributed by atoms with Crippen LogP contribution in [-0.4, -0.2) is 61.6 Å². The minimum atomic E-state index is -1.04. The number of nitrogens with zero attached hydrogens (tertiary/aromatic N) is 3. The van der Waals surface area contributed by atoms with Crippen molar-refractivity contribution < 1.29 is 19.8 Å². The summed E-state index contributed by atoms with van der Waals surface area (Å²) < 4.78 is 1.83. The van der Waals surface area contributed by atoms with Gasteiger partial charge in [-0.2, -0.15) is 5.10 Å². The number of fused-ring (bicyclic) bond motifs is 1. The normalized spacial score (nSPS) is 22.1. The van der Waals surface area contributed by atoms with Crippen molar-refractivity contribution in [2.75, 3.05) is 13.2 Å². The average Bonchev–Trinajstić information content (AvgIpc) is 3.21. The highest BCUT2D eigenvalue weighted by Crippen LogP contribution is 2.46. The topological polar surface area (TPSA) is 108 Å². The van der Waals surface area contributed by atoms with Crippen LogP contribution in [0.4, 0.5) is 4.79 Å². The molecule has 0 bridgehead atoms. The summed E-state index contributed by atoms with van der Waals surface area (Å²) in [6, 6.07) is 7.34. The van der Waals surface area contributed by atoms with Crippen molar-refractivity contribution in [3.8, 4) is 0 Å². The molecule has 8 nitrogen and oxygen atoms in total. The fourth-order valence-corrected chi connectivity index (χ4v) is 4.75. The number of carbonyl (C=O) groups excluding carboxylic acids is 1. The van der Waals surface area contributed by atoms with Crippen LogP contribution in [0.2, 0.25) is 0 Å². The third kappa shape index (κ3) is 3.64. The van der Waals surface area contributed by atoms with E-state index in [9.17, 15) is 19.8 Å². The van der Waals surface area contributed by atoms with Gasteiger partial charge in [0.2, 0.25) is 0 Å². The van der Waals surface area contributed by atoms with Gasteiger partial charge in [0.25, 0.3) is 5.91 Å². The van der Waals surface area contributed by atoms with Crippen LogP contribution in [0.5, 0.6) is 0 Å². The predicted molar refractivity (Wildman–Crippen MR) is 115 cm³/mol. The molecule has 1 fully saturated rings. The summed E-state index contributed by atoms with van der Waals surface area (Å²) in [7, 11) is 0. The number of carbonyl (C=O) groups is 2. The molecule has 1 saturated heterocycles. The first-order valence-corrected chi connectivity index (χ1v) is 10.4. The van der Waals surface area contributed by atoms with Gasteiger partial charge in [-0.3, -0.25) is 14.4 Å². The van der Waals surface area contributed by atoms with E-state index in [0.29, 0.717) is 18.5 Å². The molecule has 0 saturated carbocycles. The first kappa shape index (κ1) is 22.1. The molecule has 3 rings (SSSR count). The van der Waals surface area contributed by atoms with E-state index in [-0.39, 0.29) is 31.1 Å². The van der Waals surface area contributed by atoms with Gasteiger partial charge in [-0.25, -0.2) is 4.79 Å². The zero-order valence-electron chi connectivity index (χ0n) is 18.3. The maximum absolute atomic E-state index is 13.1. The number of benzene rings is 1. The molecule has 3 N–H and O–H groups in total. The second-order valence-electron chi connectivity index (χ2n) is 9.43. The van der Waals surface area contributed by atoms with Crippen LogP contribution in [0.1, 0.15) is 64.0 Å². The lowest BCUT2D eigenvalue weighted by atomic mass is 9.69. The van der Waals surface area contributed by atoms with Crippen molar-refractivity contribution in [2.24, 2.45) is 5.41 Å². The minimum Gasteiger partial charge on any atom is -0.465 e. The molecule has 1 aromatic carbocycles. The number of aromatic nitrogens is 2. The van der Waals surface area contributed by atoms with Gasteiger partial charge in [0.1, 0.15) is 0 Å². The number of hydrogen-bond donors (Lipinski definition) is 3. The fourth-order valence-electron chi connectivity index (χ4n) is 4.75. The first-order valence-electron chi connectivity index (χ1n) is 10.4. The molecular formula is C22H32N4O4. The summed E-state index contributed by atoms with van der Waals surface area (Å²) in [6.07, 6.45) is -0.275. The number of aliphatic hydroxyl groups is 1. The monoisotopic (exact) mass is 416 g/mol. The summed E-state index contributed by atoms with van der Waals surface area (Å²) in [4.78, 5) is 26.5. The van der Waals surface area contributed by atoms with Crippen molar-refractivity contribution in [1.82, 2.24) is 20.0 Å². The van der Waals surface area contributed by atoms with Crippen LogP contribution >= 0.6 is 0 Å². The summed E-state index contributed by atoms with van der Waals surface area (Å²) in [6.45, 7) is 10.00. The molecule has 2 aromatic rings. The average molecular weight is 417 g/mol. The SMILES string of the molecule is CC(C)n1nc(C(=O)N[C@@H]2CN(C(=O)O)[C@@](CCO)(C(C)(C)C)C2)c2ccccc21. The van der Waals surface area contributed by atoms with E-state index >= 15 is 0 Å². The maximum Gasteiger partial charge on any atom is 0.407 e. The maximum atomic E-state index is 13.1. The molecule has 0 unspecified atom stereocenters. The number of amides is 2. The van der Waals surface area contributed by atoms with Crippen LogP contribution in [0.15, 0.2) is 24.3 Å². The molecule has 2 heterocycles. The van der Waals surface area contributed by atoms with E-state index < -0.39 is 17.0 Å². The van der Waals surface area contributed by atoms with Gasteiger partial charge in [-0.05, 0) is 38.2 Å². The molecule has 1 aliphatic rings. The number of hydrogen-bond acceptors (Lipinski definition) is 4. The van der Waals surface area contributed by atoms with Crippen LogP contribution in [0.25, 0.3) is 10.9 Å². The largest absolute Gasteiger partial charge is 0.465 e. The molecule has 1 aromatic heterocycles. The van der Waals surface area contributed by atoms with Crippen LogP contribution < -0.4 is 5.32 Å². The number of carboxylic acid groups (broad SMARTS) is 1. The van der Waals surface area contributed by atoms with Gasteiger partial charge in [0.05, 0.1) is 11.1 Å². The third-order valence-electron chi connectivity index (χ3n) is 6.31. The van der Waals surface area contributed by atoms with Gasteiger partial charge in [-0.15, -0.1) is 0 Å². The lowest BCUT2D eigenvalue weighted by Gasteiger charge is -2.46. The summed E-state index contributed by atoms with van der Waals surface area (Å²) >= 11 is 0. The molecule has 0 radical (unpaired) electrons. The first-order chi connectivity index (χ1) is 14.0. The minimum absolute atomic E-state index is 0.100. The highest BCUT2D eigenvalue weighted by Gasteiger charge is 2.54. The van der Waals surface area contributed by atoms with E-state index in [0.717, 1.165) is 10.9 Å². The zero-order chi connectivity index (χ0) is 22.3. The number of aliphatic hydroxyl groups excluding tert-OH is 1. The number of nitrogens with one attached hydrogen (secondary N) is 1. The van der Waals surface area contributed by atoms with Crippen molar-refractivity contribution >= 4 is 22.9 Å². The fraction of sp³-hybridized carbons (Fsp3) is 0.591. The van der Waals surface area contributed by atoms with E-state index in [1.807, 2.05) is 63.6 Å². The molecule has 2 atom stereocenters. The van der Waals surface area contributed by atoms with Crippen molar-refractivity contribution in [3.63, 3.8) is 0 Å². The number of rotatable bonds is 5. The van der Waals surface area contributed by atoms with E-state index in [1.165, 1.54) is 4.90 Å². The molecule has 0 aliphatic carbocycles. The Morgan fingerprint density at radius 3 is 2.53 bits per heavy atom. The highest BCUT2D eigenvalue weighted by atomic mass is 16.4. The van der Waals surface area contributed by atoms with Gasteiger partial charge >= 0.3 is 6.09 Å². The zero-order valence-corrected chi connectivity index (χ0v) is 18.3. The standard InChI is InChI=1S/C22H32N4O4/c1-14(2)26-17-9-7-6-8-16(17)18(24-26)19(28)23-15-12-22(10-11-27,21(3,4)5)25(13-15)20(29)30/h6-9,14-15,27H,10-13H2,1-5H3,(H,23,28)(H,29,30)/t15-,22+/m0/s1. The smallest absolute Gasteiger partial charge is 0.407 e. The van der Waals surface area contributed by atoms with Gasteiger partial charge in [0, 0.05) is 30.6 Å². The predicted octanol–water partition coefficient (Wildman–Crippen LogP) is 3.27. The van der Waals surface area contributed by atoms with Gasteiger partial charge in [-0.1, -0.05) is 39.0 Å². The summed E-state index contributed by atoms with van der Waals surface area (Å²) in [5, 5.41) is 27.8.